The monoisotopic (exact) mass is 300 g/mol. The van der Waals surface area contributed by atoms with Crippen LogP contribution in [0.4, 0.5) is 4.79 Å². The standard InChI is InChI=1S/C11H16N4O4S/c1-2-6(9-13-3-4-20-9)14-11(19)15-7(10(17)18)5-8(12)16/h3-4,6-7H,2,5H2,1H3,(H2,12,16)(H,17,18)(H2,14,15,19). The van der Waals surface area contributed by atoms with Crippen molar-refractivity contribution in [3.05, 3.63) is 16.6 Å². The van der Waals surface area contributed by atoms with Gasteiger partial charge < -0.3 is 21.5 Å². The summed E-state index contributed by atoms with van der Waals surface area (Å²) < 4.78 is 0. The molecule has 2 unspecified atom stereocenters. The van der Waals surface area contributed by atoms with Crippen LogP contribution in [0.1, 0.15) is 30.8 Å². The van der Waals surface area contributed by atoms with Crippen LogP contribution in [-0.2, 0) is 9.59 Å². The van der Waals surface area contributed by atoms with Gasteiger partial charge in [0.25, 0.3) is 0 Å². The topological polar surface area (TPSA) is 134 Å². The number of carboxylic acid groups (broad SMARTS) is 1. The number of carbonyl (C=O) groups is 3. The largest absolute Gasteiger partial charge is 0.480 e. The van der Waals surface area contributed by atoms with Gasteiger partial charge in [-0.25, -0.2) is 14.6 Å². The lowest BCUT2D eigenvalue weighted by molar-refractivity contribution is -0.140. The van der Waals surface area contributed by atoms with E-state index in [9.17, 15) is 14.4 Å². The molecule has 1 aromatic rings. The van der Waals surface area contributed by atoms with E-state index in [0.717, 1.165) is 5.01 Å². The molecule has 0 bridgehead atoms. The first-order valence-electron chi connectivity index (χ1n) is 5.91. The number of nitrogens with two attached hydrogens (primary N) is 1. The number of primary amides is 1. The van der Waals surface area contributed by atoms with Crippen LogP contribution >= 0.6 is 11.3 Å². The molecule has 0 aromatic carbocycles. The fourth-order valence-corrected chi connectivity index (χ4v) is 2.28. The lowest BCUT2D eigenvalue weighted by Crippen LogP contribution is -2.48. The maximum absolute atomic E-state index is 11.7. The van der Waals surface area contributed by atoms with E-state index >= 15 is 0 Å². The Morgan fingerprint density at radius 3 is 2.60 bits per heavy atom. The third kappa shape index (κ3) is 4.84. The number of urea groups is 1. The Balaban J connectivity index is 2.60. The van der Waals surface area contributed by atoms with Gasteiger partial charge in [-0.05, 0) is 6.42 Å². The predicted molar refractivity (Wildman–Crippen MR) is 72.0 cm³/mol. The Labute approximate surface area is 119 Å². The third-order valence-electron chi connectivity index (χ3n) is 2.47. The number of rotatable bonds is 7. The van der Waals surface area contributed by atoms with Crippen molar-refractivity contribution in [2.24, 2.45) is 5.73 Å². The average molecular weight is 300 g/mol. The van der Waals surface area contributed by atoms with E-state index < -0.39 is 30.4 Å². The van der Waals surface area contributed by atoms with Gasteiger partial charge in [0.15, 0.2) is 0 Å². The number of hydrogen-bond donors (Lipinski definition) is 4. The number of carbonyl (C=O) groups excluding carboxylic acids is 2. The summed E-state index contributed by atoms with van der Waals surface area (Å²) in [5.74, 6) is -2.12. The summed E-state index contributed by atoms with van der Waals surface area (Å²) in [4.78, 5) is 37.5. The van der Waals surface area contributed by atoms with Gasteiger partial charge in [-0.2, -0.15) is 0 Å². The minimum Gasteiger partial charge on any atom is -0.480 e. The van der Waals surface area contributed by atoms with E-state index in [1.54, 1.807) is 11.6 Å². The zero-order valence-electron chi connectivity index (χ0n) is 10.8. The summed E-state index contributed by atoms with van der Waals surface area (Å²) in [6, 6.07) is -2.33. The quantitative estimate of drug-likeness (QED) is 0.571. The Morgan fingerprint density at radius 1 is 1.45 bits per heavy atom. The van der Waals surface area contributed by atoms with Crippen molar-refractivity contribution in [2.75, 3.05) is 0 Å². The molecule has 0 aliphatic heterocycles. The second-order valence-electron chi connectivity index (χ2n) is 4.01. The number of aromatic nitrogens is 1. The lowest BCUT2D eigenvalue weighted by atomic mass is 10.2. The molecule has 0 saturated heterocycles. The highest BCUT2D eigenvalue weighted by Crippen LogP contribution is 2.18. The number of amides is 3. The summed E-state index contributed by atoms with van der Waals surface area (Å²) in [5, 5.41) is 16.2. The summed E-state index contributed by atoms with van der Waals surface area (Å²) in [6.07, 6.45) is 1.76. The summed E-state index contributed by atoms with van der Waals surface area (Å²) in [6.45, 7) is 1.87. The normalized spacial score (nSPS) is 13.2. The molecular weight excluding hydrogens is 284 g/mol. The predicted octanol–water partition coefficient (Wildman–Crippen LogP) is 0.222. The van der Waals surface area contributed by atoms with Crippen LogP contribution in [0.15, 0.2) is 11.6 Å². The molecule has 0 saturated carbocycles. The van der Waals surface area contributed by atoms with Crippen LogP contribution < -0.4 is 16.4 Å². The lowest BCUT2D eigenvalue weighted by Gasteiger charge is -2.18. The molecule has 8 nitrogen and oxygen atoms in total. The number of nitrogens with one attached hydrogen (secondary N) is 2. The van der Waals surface area contributed by atoms with Gasteiger partial charge in [0.2, 0.25) is 5.91 Å². The van der Waals surface area contributed by atoms with Crippen molar-refractivity contribution in [2.45, 2.75) is 31.8 Å². The van der Waals surface area contributed by atoms with Crippen molar-refractivity contribution in [1.82, 2.24) is 15.6 Å². The van der Waals surface area contributed by atoms with E-state index in [1.165, 1.54) is 11.3 Å². The van der Waals surface area contributed by atoms with E-state index in [2.05, 4.69) is 15.6 Å². The molecule has 3 amide bonds. The molecule has 1 aromatic heterocycles. The highest BCUT2D eigenvalue weighted by Gasteiger charge is 2.23. The minimum absolute atomic E-state index is 0.307. The molecule has 2 atom stereocenters. The Hall–Kier alpha value is -2.16. The summed E-state index contributed by atoms with van der Waals surface area (Å²) in [5.41, 5.74) is 4.93. The molecule has 9 heteroatoms. The maximum Gasteiger partial charge on any atom is 0.326 e. The van der Waals surface area contributed by atoms with Crippen LogP contribution in [0, 0.1) is 0 Å². The van der Waals surface area contributed by atoms with Crippen LogP contribution in [-0.4, -0.2) is 34.0 Å². The van der Waals surface area contributed by atoms with Crippen molar-refractivity contribution in [3.8, 4) is 0 Å². The minimum atomic E-state index is -1.35. The molecule has 0 aliphatic carbocycles. The van der Waals surface area contributed by atoms with Crippen LogP contribution in [0.25, 0.3) is 0 Å². The Bertz CT molecular complexity index is 477. The Kier molecular flexibility index (Phi) is 5.91. The molecule has 110 valence electrons. The zero-order chi connectivity index (χ0) is 15.1. The average Bonchev–Trinajstić information content (AvgIpc) is 2.88. The highest BCUT2D eigenvalue weighted by atomic mass is 32.1. The Morgan fingerprint density at radius 2 is 2.15 bits per heavy atom. The van der Waals surface area contributed by atoms with Crippen molar-refractivity contribution in [3.63, 3.8) is 0 Å². The van der Waals surface area contributed by atoms with Gasteiger partial charge in [-0.1, -0.05) is 6.92 Å². The van der Waals surface area contributed by atoms with Gasteiger partial charge in [-0.3, -0.25) is 4.79 Å². The number of nitrogens with zero attached hydrogens (tertiary/aromatic N) is 1. The van der Waals surface area contributed by atoms with Gasteiger partial charge in [-0.15, -0.1) is 11.3 Å². The van der Waals surface area contributed by atoms with Crippen LogP contribution in [0.2, 0.25) is 0 Å². The summed E-state index contributed by atoms with van der Waals surface area (Å²) >= 11 is 1.39. The third-order valence-corrected chi connectivity index (χ3v) is 3.36. The molecular formula is C11H16N4O4S. The van der Waals surface area contributed by atoms with Gasteiger partial charge in [0, 0.05) is 11.6 Å². The first kappa shape index (κ1) is 15.9. The molecule has 5 N–H and O–H groups in total. The van der Waals surface area contributed by atoms with Gasteiger partial charge >= 0.3 is 12.0 Å². The molecule has 0 aliphatic rings. The number of thiazole rings is 1. The summed E-state index contributed by atoms with van der Waals surface area (Å²) in [7, 11) is 0. The van der Waals surface area contributed by atoms with Gasteiger partial charge in [0.1, 0.15) is 11.0 Å². The maximum atomic E-state index is 11.7. The van der Waals surface area contributed by atoms with Crippen molar-refractivity contribution in [1.29, 1.82) is 0 Å². The first-order chi connectivity index (χ1) is 9.43. The molecule has 0 spiro atoms. The molecule has 0 fully saturated rings. The number of carboxylic acids is 1. The number of aliphatic carboxylic acids is 1. The molecule has 1 heterocycles. The smallest absolute Gasteiger partial charge is 0.326 e. The molecule has 0 radical (unpaired) electrons. The second kappa shape index (κ2) is 7.43. The molecule has 1 rings (SSSR count). The van der Waals surface area contributed by atoms with E-state index in [-0.39, 0.29) is 6.04 Å². The second-order valence-corrected chi connectivity index (χ2v) is 4.94. The van der Waals surface area contributed by atoms with Crippen LogP contribution in [0.5, 0.6) is 0 Å². The SMILES string of the molecule is CCC(NC(=O)NC(CC(N)=O)C(=O)O)c1nccs1. The highest BCUT2D eigenvalue weighted by molar-refractivity contribution is 7.09. The molecule has 20 heavy (non-hydrogen) atoms. The fourth-order valence-electron chi connectivity index (χ4n) is 1.50. The van der Waals surface area contributed by atoms with Crippen molar-refractivity contribution >= 4 is 29.2 Å². The number of hydrogen-bond acceptors (Lipinski definition) is 5. The first-order valence-corrected chi connectivity index (χ1v) is 6.79. The van der Waals surface area contributed by atoms with E-state index in [1.807, 2.05) is 6.92 Å². The van der Waals surface area contributed by atoms with Crippen LogP contribution in [0.3, 0.4) is 0 Å². The van der Waals surface area contributed by atoms with Gasteiger partial charge in [0.05, 0.1) is 12.5 Å². The zero-order valence-corrected chi connectivity index (χ0v) is 11.6. The fraction of sp³-hybridized carbons (Fsp3) is 0.455. The van der Waals surface area contributed by atoms with E-state index in [4.69, 9.17) is 10.8 Å². The van der Waals surface area contributed by atoms with Crippen molar-refractivity contribution < 1.29 is 19.5 Å². The van der Waals surface area contributed by atoms with E-state index in [0.29, 0.717) is 6.42 Å².